The Hall–Kier alpha value is -1.37. The smallest absolute Gasteiger partial charge is 0.236 e. The summed E-state index contributed by atoms with van der Waals surface area (Å²) in [5, 5.41) is 3.69. The molecule has 3 rings (SSSR count). The van der Waals surface area contributed by atoms with Crippen LogP contribution in [0.5, 0.6) is 0 Å². The maximum absolute atomic E-state index is 12.1. The highest BCUT2D eigenvalue weighted by molar-refractivity contribution is 8.00. The summed E-state index contributed by atoms with van der Waals surface area (Å²) in [7, 11) is 0. The predicted octanol–water partition coefficient (Wildman–Crippen LogP) is 3.64. The number of aromatic nitrogens is 1. The molecule has 0 spiro atoms. The van der Waals surface area contributed by atoms with Crippen molar-refractivity contribution in [2.24, 2.45) is 0 Å². The van der Waals surface area contributed by atoms with E-state index in [0.717, 1.165) is 41.8 Å². The van der Waals surface area contributed by atoms with Crippen molar-refractivity contribution in [1.29, 1.82) is 0 Å². The van der Waals surface area contributed by atoms with Crippen molar-refractivity contribution in [3.63, 3.8) is 0 Å². The van der Waals surface area contributed by atoms with Gasteiger partial charge in [-0.3, -0.25) is 9.69 Å². The van der Waals surface area contributed by atoms with Crippen LogP contribution in [0.1, 0.15) is 23.9 Å². The zero-order chi connectivity index (χ0) is 16.1. The third kappa shape index (κ3) is 4.56. The molecular weight excluding hydrogens is 326 g/mol. The van der Waals surface area contributed by atoms with E-state index < -0.39 is 0 Å². The highest BCUT2D eigenvalue weighted by Crippen LogP contribution is 2.28. The van der Waals surface area contributed by atoms with Gasteiger partial charge in [0.05, 0.1) is 11.4 Å². The molecule has 1 aromatic heterocycles. The second-order valence-corrected chi connectivity index (χ2v) is 7.70. The number of anilines is 1. The van der Waals surface area contributed by atoms with Gasteiger partial charge >= 0.3 is 0 Å². The molecule has 1 aromatic carbocycles. The van der Waals surface area contributed by atoms with E-state index in [1.54, 1.807) is 23.1 Å². The predicted molar refractivity (Wildman–Crippen MR) is 97.2 cm³/mol. The summed E-state index contributed by atoms with van der Waals surface area (Å²) in [6, 6.07) is 9.98. The van der Waals surface area contributed by atoms with Crippen LogP contribution in [0.15, 0.2) is 35.2 Å². The third-order valence-electron chi connectivity index (χ3n) is 3.71. The van der Waals surface area contributed by atoms with Crippen LogP contribution in [-0.2, 0) is 17.8 Å². The van der Waals surface area contributed by atoms with Gasteiger partial charge in [-0.25, -0.2) is 4.98 Å². The van der Waals surface area contributed by atoms with Gasteiger partial charge in [0.2, 0.25) is 5.91 Å². The van der Waals surface area contributed by atoms with Gasteiger partial charge < -0.3 is 5.32 Å². The van der Waals surface area contributed by atoms with Crippen molar-refractivity contribution in [1.82, 2.24) is 9.88 Å². The zero-order valence-electron chi connectivity index (χ0n) is 13.2. The molecule has 23 heavy (non-hydrogen) atoms. The summed E-state index contributed by atoms with van der Waals surface area (Å²) in [4.78, 5) is 21.5. The third-order valence-corrected chi connectivity index (χ3v) is 5.72. The van der Waals surface area contributed by atoms with E-state index >= 15 is 0 Å². The van der Waals surface area contributed by atoms with Crippen molar-refractivity contribution < 1.29 is 4.79 Å². The first kappa shape index (κ1) is 16.5. The molecule has 0 radical (unpaired) electrons. The minimum absolute atomic E-state index is 0.00960. The lowest BCUT2D eigenvalue weighted by atomic mass is 10.2. The van der Waals surface area contributed by atoms with Crippen LogP contribution in [0.25, 0.3) is 0 Å². The zero-order valence-corrected chi connectivity index (χ0v) is 14.9. The molecule has 0 fully saturated rings. The normalized spacial score (nSPS) is 14.5. The number of carbonyl (C=O) groups is 1. The largest absolute Gasteiger partial charge is 0.301 e. The highest BCUT2D eigenvalue weighted by atomic mass is 32.2. The molecule has 4 nitrogen and oxygen atoms in total. The Morgan fingerprint density at radius 1 is 1.39 bits per heavy atom. The van der Waals surface area contributed by atoms with Gasteiger partial charge in [-0.2, -0.15) is 0 Å². The van der Waals surface area contributed by atoms with Crippen molar-refractivity contribution >= 4 is 34.1 Å². The van der Waals surface area contributed by atoms with Crippen LogP contribution in [0, 0.1) is 0 Å². The highest BCUT2D eigenvalue weighted by Gasteiger charge is 2.20. The molecule has 1 aliphatic heterocycles. The van der Waals surface area contributed by atoms with E-state index in [2.05, 4.69) is 22.1 Å². The first-order valence-corrected chi connectivity index (χ1v) is 9.73. The number of nitrogens with zero attached hydrogens (tertiary/aromatic N) is 2. The van der Waals surface area contributed by atoms with E-state index in [4.69, 9.17) is 0 Å². The van der Waals surface area contributed by atoms with Crippen LogP contribution in [0.2, 0.25) is 0 Å². The maximum Gasteiger partial charge on any atom is 0.236 e. The molecule has 0 saturated heterocycles. The fourth-order valence-corrected chi connectivity index (χ4v) is 4.42. The Labute approximate surface area is 145 Å². The van der Waals surface area contributed by atoms with Crippen molar-refractivity contribution in [3.05, 3.63) is 40.9 Å². The Morgan fingerprint density at radius 3 is 3.00 bits per heavy atom. The number of thioether (sulfide) groups is 1. The summed E-state index contributed by atoms with van der Waals surface area (Å²) in [6.07, 6.45) is 2.16. The lowest BCUT2D eigenvalue weighted by molar-refractivity contribution is -0.113. The number of carbonyl (C=O) groups excluding carboxylic acids is 1. The first-order valence-electron chi connectivity index (χ1n) is 7.93. The van der Waals surface area contributed by atoms with Crippen molar-refractivity contribution in [2.75, 3.05) is 24.2 Å². The lowest BCUT2D eigenvalue weighted by Gasteiger charge is -2.24. The van der Waals surface area contributed by atoms with Crippen molar-refractivity contribution in [3.8, 4) is 0 Å². The van der Waals surface area contributed by atoms with E-state index in [1.165, 1.54) is 11.3 Å². The molecule has 2 aromatic rings. The summed E-state index contributed by atoms with van der Waals surface area (Å²) >= 11 is 3.17. The second-order valence-electron chi connectivity index (χ2n) is 5.56. The average Bonchev–Trinajstić information content (AvgIpc) is 2.95. The number of hydrogen-bond acceptors (Lipinski definition) is 5. The number of rotatable bonds is 6. The summed E-state index contributed by atoms with van der Waals surface area (Å²) < 4.78 is 0. The van der Waals surface area contributed by atoms with E-state index in [-0.39, 0.29) is 5.91 Å². The van der Waals surface area contributed by atoms with Gasteiger partial charge in [0.25, 0.3) is 0 Å². The van der Waals surface area contributed by atoms with Gasteiger partial charge in [0, 0.05) is 29.3 Å². The second kappa shape index (κ2) is 7.95. The first-order chi connectivity index (χ1) is 11.2. The number of amides is 1. The molecule has 0 atom stereocenters. The van der Waals surface area contributed by atoms with E-state index in [0.29, 0.717) is 5.75 Å². The van der Waals surface area contributed by atoms with Crippen LogP contribution in [0.3, 0.4) is 0 Å². The average molecular weight is 348 g/mol. The number of benzene rings is 1. The Kier molecular flexibility index (Phi) is 5.70. The minimum Gasteiger partial charge on any atom is -0.301 e. The SMILES string of the molecule is CCCN1CCc2nc(NC(=O)CSc3ccccc3)sc2C1. The van der Waals surface area contributed by atoms with Crippen LogP contribution >= 0.6 is 23.1 Å². The van der Waals surface area contributed by atoms with Gasteiger partial charge in [-0.05, 0) is 25.1 Å². The number of nitrogens with one attached hydrogen (secondary N) is 1. The monoisotopic (exact) mass is 347 g/mol. The Balaban J connectivity index is 1.53. The molecule has 0 saturated carbocycles. The molecule has 0 unspecified atom stereocenters. The van der Waals surface area contributed by atoms with E-state index in [1.807, 2.05) is 30.3 Å². The van der Waals surface area contributed by atoms with Gasteiger partial charge in [0.1, 0.15) is 0 Å². The molecule has 1 N–H and O–H groups in total. The van der Waals surface area contributed by atoms with Gasteiger partial charge in [-0.15, -0.1) is 23.1 Å². The molecule has 2 heterocycles. The summed E-state index contributed by atoms with van der Waals surface area (Å²) in [5.41, 5.74) is 1.16. The van der Waals surface area contributed by atoms with Gasteiger partial charge in [-0.1, -0.05) is 25.1 Å². The quantitative estimate of drug-likeness (QED) is 0.810. The fourth-order valence-electron chi connectivity index (χ4n) is 2.63. The molecule has 1 amide bonds. The standard InChI is InChI=1S/C17H21N3OS2/c1-2-9-20-10-8-14-15(11-20)23-17(18-14)19-16(21)12-22-13-6-4-3-5-7-13/h3-7H,2,8-12H2,1H3,(H,18,19,21). The minimum atomic E-state index is 0.00960. The lowest BCUT2D eigenvalue weighted by Crippen LogP contribution is -2.30. The van der Waals surface area contributed by atoms with Crippen LogP contribution in [-0.4, -0.2) is 34.6 Å². The Morgan fingerprint density at radius 2 is 2.22 bits per heavy atom. The van der Waals surface area contributed by atoms with Crippen LogP contribution < -0.4 is 5.32 Å². The van der Waals surface area contributed by atoms with Gasteiger partial charge in [0.15, 0.2) is 5.13 Å². The number of fused-ring (bicyclic) bond motifs is 1. The summed E-state index contributed by atoms with van der Waals surface area (Å²) in [5.74, 6) is 0.423. The molecule has 6 heteroatoms. The summed E-state index contributed by atoms with van der Waals surface area (Å²) in [6.45, 7) is 5.38. The topological polar surface area (TPSA) is 45.2 Å². The molecule has 122 valence electrons. The van der Waals surface area contributed by atoms with Crippen molar-refractivity contribution in [2.45, 2.75) is 31.2 Å². The number of hydrogen-bond donors (Lipinski definition) is 1. The fraction of sp³-hybridized carbons (Fsp3) is 0.412. The Bertz CT molecular complexity index is 657. The molecular formula is C17H21N3OS2. The molecule has 1 aliphatic rings. The van der Waals surface area contributed by atoms with Crippen LogP contribution in [0.4, 0.5) is 5.13 Å². The molecule has 0 aliphatic carbocycles. The number of thiazole rings is 1. The van der Waals surface area contributed by atoms with E-state index in [9.17, 15) is 4.79 Å². The molecule has 0 bridgehead atoms. The maximum atomic E-state index is 12.1.